The van der Waals surface area contributed by atoms with E-state index in [9.17, 15) is 0 Å². The van der Waals surface area contributed by atoms with E-state index in [0.29, 0.717) is 24.6 Å². The number of benzene rings is 1. The average Bonchev–Trinajstić information content (AvgIpc) is 2.92. The van der Waals surface area contributed by atoms with Crippen molar-refractivity contribution in [1.82, 2.24) is 9.97 Å². The lowest BCUT2D eigenvalue weighted by Gasteiger charge is -2.22. The lowest BCUT2D eigenvalue weighted by atomic mass is 10.2. The van der Waals surface area contributed by atoms with E-state index in [2.05, 4.69) is 9.97 Å². The van der Waals surface area contributed by atoms with Crippen molar-refractivity contribution in [2.75, 3.05) is 18.9 Å². The lowest BCUT2D eigenvalue weighted by molar-refractivity contribution is -0.153. The van der Waals surface area contributed by atoms with Crippen LogP contribution < -0.4 is 10.5 Å². The van der Waals surface area contributed by atoms with Crippen LogP contribution in [0.2, 0.25) is 15.2 Å². The molecule has 1 fully saturated rings. The summed E-state index contributed by atoms with van der Waals surface area (Å²) in [5.74, 6) is -0.695. The summed E-state index contributed by atoms with van der Waals surface area (Å²) in [5, 5.41) is 0.678. The second kappa shape index (κ2) is 6.30. The summed E-state index contributed by atoms with van der Waals surface area (Å²) in [6, 6.07) is 3.05. The molecule has 23 heavy (non-hydrogen) atoms. The minimum absolute atomic E-state index is 0.151. The quantitative estimate of drug-likeness (QED) is 0.815. The topological polar surface area (TPSA) is 79.5 Å². The van der Waals surface area contributed by atoms with Crippen LogP contribution in [0, 0.1) is 0 Å². The third-order valence-electron chi connectivity index (χ3n) is 3.20. The molecular formula is C14H12Cl3N3O3. The van der Waals surface area contributed by atoms with E-state index in [1.807, 2.05) is 0 Å². The molecule has 0 bridgehead atoms. The van der Waals surface area contributed by atoms with Crippen LogP contribution in [0.15, 0.2) is 18.3 Å². The molecule has 0 spiro atoms. The number of hydrogen-bond acceptors (Lipinski definition) is 6. The molecule has 0 amide bonds. The van der Waals surface area contributed by atoms with E-state index >= 15 is 0 Å². The Labute approximate surface area is 147 Å². The molecule has 6 nitrogen and oxygen atoms in total. The molecule has 0 atom stereocenters. The molecule has 0 unspecified atom stereocenters. The van der Waals surface area contributed by atoms with Gasteiger partial charge in [-0.2, -0.15) is 0 Å². The van der Waals surface area contributed by atoms with Gasteiger partial charge in [0, 0.05) is 5.69 Å². The van der Waals surface area contributed by atoms with Crippen LogP contribution in [0.1, 0.15) is 12.6 Å². The van der Waals surface area contributed by atoms with Crippen molar-refractivity contribution < 1.29 is 14.2 Å². The van der Waals surface area contributed by atoms with Gasteiger partial charge in [-0.25, -0.2) is 9.97 Å². The maximum atomic E-state index is 6.10. The van der Waals surface area contributed by atoms with Crippen LogP contribution in [0.25, 0.3) is 0 Å². The van der Waals surface area contributed by atoms with E-state index in [1.165, 1.54) is 18.3 Å². The number of hydrogen-bond donors (Lipinski definition) is 1. The van der Waals surface area contributed by atoms with Gasteiger partial charge in [-0.15, -0.1) is 0 Å². The van der Waals surface area contributed by atoms with Gasteiger partial charge >= 0.3 is 0 Å². The van der Waals surface area contributed by atoms with Gasteiger partial charge in [0.2, 0.25) is 11.7 Å². The molecule has 3 rings (SSSR count). The fourth-order valence-electron chi connectivity index (χ4n) is 2.13. The van der Waals surface area contributed by atoms with Gasteiger partial charge in [0.15, 0.2) is 10.9 Å². The van der Waals surface area contributed by atoms with Crippen LogP contribution in [-0.4, -0.2) is 23.2 Å². The molecule has 0 radical (unpaired) electrons. The van der Waals surface area contributed by atoms with Crippen molar-refractivity contribution in [2.24, 2.45) is 0 Å². The molecule has 1 aromatic heterocycles. The fraction of sp³-hybridized carbons (Fsp3) is 0.286. The Morgan fingerprint density at radius 2 is 1.78 bits per heavy atom. The fourth-order valence-corrected chi connectivity index (χ4v) is 2.97. The third-order valence-corrected chi connectivity index (χ3v) is 4.04. The Bertz CT molecular complexity index is 728. The van der Waals surface area contributed by atoms with Crippen LogP contribution in [0.5, 0.6) is 11.6 Å². The molecule has 1 aliphatic rings. The molecule has 0 aliphatic carbocycles. The number of anilines is 1. The Balaban J connectivity index is 1.96. The van der Waals surface area contributed by atoms with E-state index in [1.54, 1.807) is 6.92 Å². The summed E-state index contributed by atoms with van der Waals surface area (Å²) < 4.78 is 16.7. The second-order valence-electron chi connectivity index (χ2n) is 4.91. The Morgan fingerprint density at radius 1 is 1.17 bits per heavy atom. The molecular weight excluding hydrogens is 365 g/mol. The van der Waals surface area contributed by atoms with Crippen molar-refractivity contribution >= 4 is 40.5 Å². The summed E-state index contributed by atoms with van der Waals surface area (Å²) >= 11 is 18.3. The number of ether oxygens (including phenoxy) is 3. The molecule has 2 heterocycles. The van der Waals surface area contributed by atoms with E-state index < -0.39 is 5.79 Å². The number of nitrogen functional groups attached to an aromatic ring is 1. The van der Waals surface area contributed by atoms with Gasteiger partial charge in [-0.3, -0.25) is 0 Å². The van der Waals surface area contributed by atoms with Gasteiger partial charge < -0.3 is 19.9 Å². The largest absolute Gasteiger partial charge is 0.434 e. The molecule has 1 aromatic carbocycles. The molecule has 2 N–H and O–H groups in total. The molecule has 0 saturated carbocycles. The smallest absolute Gasteiger partial charge is 0.238 e. The summed E-state index contributed by atoms with van der Waals surface area (Å²) in [6.07, 6.45) is 1.35. The average molecular weight is 377 g/mol. The van der Waals surface area contributed by atoms with E-state index in [-0.39, 0.29) is 26.8 Å². The highest BCUT2D eigenvalue weighted by Crippen LogP contribution is 2.39. The van der Waals surface area contributed by atoms with Crippen LogP contribution in [0.4, 0.5) is 5.69 Å². The zero-order valence-corrected chi connectivity index (χ0v) is 14.2. The summed E-state index contributed by atoms with van der Waals surface area (Å²) in [7, 11) is 0. The predicted octanol–water partition coefficient (Wildman–Crippen LogP) is 4.03. The number of aromatic nitrogens is 2. The first-order valence-electron chi connectivity index (χ1n) is 6.62. The zero-order chi connectivity index (χ0) is 16.6. The SMILES string of the molecule is CC1(c2nc(Oc3c(Cl)cc(N)cc3Cl)cnc2Cl)OCCO1. The molecule has 1 saturated heterocycles. The lowest BCUT2D eigenvalue weighted by Crippen LogP contribution is -2.25. The number of halogens is 3. The Kier molecular flexibility index (Phi) is 4.53. The van der Waals surface area contributed by atoms with Crippen molar-refractivity contribution in [3.05, 3.63) is 39.2 Å². The van der Waals surface area contributed by atoms with Crippen molar-refractivity contribution in [3.8, 4) is 11.6 Å². The number of nitrogens with two attached hydrogens (primary N) is 1. The van der Waals surface area contributed by atoms with Crippen molar-refractivity contribution in [1.29, 1.82) is 0 Å². The molecule has 122 valence electrons. The predicted molar refractivity (Wildman–Crippen MR) is 87.2 cm³/mol. The third kappa shape index (κ3) is 3.32. The highest BCUT2D eigenvalue weighted by atomic mass is 35.5. The maximum Gasteiger partial charge on any atom is 0.238 e. The van der Waals surface area contributed by atoms with Gasteiger partial charge in [-0.1, -0.05) is 34.8 Å². The van der Waals surface area contributed by atoms with Gasteiger partial charge in [-0.05, 0) is 19.1 Å². The van der Waals surface area contributed by atoms with Gasteiger partial charge in [0.1, 0.15) is 5.69 Å². The van der Waals surface area contributed by atoms with Crippen LogP contribution >= 0.6 is 34.8 Å². The zero-order valence-electron chi connectivity index (χ0n) is 12.0. The first-order valence-corrected chi connectivity index (χ1v) is 7.76. The number of rotatable bonds is 3. The minimum Gasteiger partial charge on any atom is -0.434 e. The second-order valence-corrected chi connectivity index (χ2v) is 6.08. The minimum atomic E-state index is -1.07. The highest BCUT2D eigenvalue weighted by molar-refractivity contribution is 6.37. The van der Waals surface area contributed by atoms with Gasteiger partial charge in [0.25, 0.3) is 0 Å². The Morgan fingerprint density at radius 3 is 2.39 bits per heavy atom. The monoisotopic (exact) mass is 375 g/mol. The first-order chi connectivity index (χ1) is 10.9. The standard InChI is InChI=1S/C14H12Cl3N3O3/c1-14(21-2-3-22-14)12-13(17)19-6-10(20-12)23-11-8(15)4-7(18)5-9(11)16/h4-6H,2-3,18H2,1H3. The van der Waals surface area contributed by atoms with E-state index in [0.717, 1.165) is 0 Å². The van der Waals surface area contributed by atoms with Gasteiger partial charge in [0.05, 0.1) is 29.5 Å². The van der Waals surface area contributed by atoms with Crippen molar-refractivity contribution in [2.45, 2.75) is 12.7 Å². The van der Waals surface area contributed by atoms with Crippen molar-refractivity contribution in [3.63, 3.8) is 0 Å². The van der Waals surface area contributed by atoms with E-state index in [4.69, 9.17) is 54.7 Å². The summed E-state index contributed by atoms with van der Waals surface area (Å²) in [6.45, 7) is 2.59. The summed E-state index contributed by atoms with van der Waals surface area (Å²) in [5.41, 5.74) is 6.41. The maximum absolute atomic E-state index is 6.10. The molecule has 1 aliphatic heterocycles. The first kappa shape index (κ1) is 16.5. The summed E-state index contributed by atoms with van der Waals surface area (Å²) in [4.78, 5) is 8.36. The van der Waals surface area contributed by atoms with Crippen LogP contribution in [0.3, 0.4) is 0 Å². The number of nitrogens with zero attached hydrogens (tertiary/aromatic N) is 2. The normalized spacial score (nSPS) is 16.5. The Hall–Kier alpha value is -1.31. The molecule has 2 aromatic rings. The highest BCUT2D eigenvalue weighted by Gasteiger charge is 2.37. The van der Waals surface area contributed by atoms with Crippen LogP contribution in [-0.2, 0) is 15.3 Å². The molecule has 9 heteroatoms.